The molecule has 0 spiro atoms. The Morgan fingerprint density at radius 2 is 1.83 bits per heavy atom. The van der Waals surface area contributed by atoms with Crippen LogP contribution in [0.25, 0.3) is 0 Å². The second-order valence-corrected chi connectivity index (χ2v) is 6.48. The maximum absolute atomic E-state index is 12.0. The van der Waals surface area contributed by atoms with E-state index >= 15 is 0 Å². The number of aliphatic hydroxyl groups is 3. The Morgan fingerprint density at radius 3 is 2.31 bits per heavy atom. The van der Waals surface area contributed by atoms with Crippen molar-refractivity contribution in [3.05, 3.63) is 22.7 Å². The van der Waals surface area contributed by atoms with E-state index in [1.165, 1.54) is 0 Å². The molecule has 1 aliphatic rings. The SMILES string of the molecule is O=C([O-])CC(O)[C@H]1O[C@@H](n2ccc([O-])nc2=O)[C@@](O)(CC(=O)O)[C@@]1(O)CC(=O)[O-]. The van der Waals surface area contributed by atoms with Gasteiger partial charge in [0, 0.05) is 31.0 Å². The van der Waals surface area contributed by atoms with Gasteiger partial charge < -0.3 is 50.1 Å². The van der Waals surface area contributed by atoms with Crippen LogP contribution in [0, 0.1) is 0 Å². The number of carbonyl (C=O) groups excluding carboxylic acids is 2. The number of carboxylic acids is 3. The van der Waals surface area contributed by atoms with Crippen molar-refractivity contribution in [3.8, 4) is 5.88 Å². The van der Waals surface area contributed by atoms with Crippen molar-refractivity contribution in [2.75, 3.05) is 0 Å². The van der Waals surface area contributed by atoms with Gasteiger partial charge in [-0.05, 0) is 11.9 Å². The van der Waals surface area contributed by atoms with Gasteiger partial charge in [-0.15, -0.1) is 0 Å². The van der Waals surface area contributed by atoms with E-state index in [0.717, 1.165) is 12.3 Å². The molecule has 14 nitrogen and oxygen atoms in total. The number of aliphatic hydroxyl groups excluding tert-OH is 1. The molecule has 2 rings (SSSR count). The minimum atomic E-state index is -3.13. The summed E-state index contributed by atoms with van der Waals surface area (Å²) in [6.45, 7) is 0. The molecule has 0 aromatic carbocycles. The van der Waals surface area contributed by atoms with Crippen molar-refractivity contribution >= 4 is 17.9 Å². The Morgan fingerprint density at radius 1 is 1.21 bits per heavy atom. The van der Waals surface area contributed by atoms with Gasteiger partial charge in [-0.25, -0.2) is 9.78 Å². The Bertz CT molecular complexity index is 884. The monoisotopic (exact) mass is 415 g/mol. The Balaban J connectivity index is 2.69. The molecule has 1 unspecified atom stereocenters. The molecule has 0 amide bonds. The van der Waals surface area contributed by atoms with E-state index in [2.05, 4.69) is 4.98 Å². The number of nitrogens with zero attached hydrogens (tertiary/aromatic N) is 2. The van der Waals surface area contributed by atoms with Crippen molar-refractivity contribution in [1.29, 1.82) is 0 Å². The second kappa shape index (κ2) is 7.75. The predicted octanol–water partition coefficient (Wildman–Crippen LogP) is -6.21. The smallest absolute Gasteiger partial charge is 0.349 e. The molecule has 0 radical (unpaired) electrons. The number of aromatic nitrogens is 2. The van der Waals surface area contributed by atoms with Gasteiger partial charge in [0.2, 0.25) is 0 Å². The van der Waals surface area contributed by atoms with E-state index in [0.29, 0.717) is 4.57 Å². The van der Waals surface area contributed by atoms with Crippen LogP contribution in [0.5, 0.6) is 5.88 Å². The van der Waals surface area contributed by atoms with Crippen LogP contribution in [0.1, 0.15) is 25.5 Å². The first kappa shape index (κ1) is 22.2. The predicted molar refractivity (Wildman–Crippen MR) is 79.3 cm³/mol. The van der Waals surface area contributed by atoms with Crippen molar-refractivity contribution < 1.29 is 54.9 Å². The van der Waals surface area contributed by atoms with E-state index in [4.69, 9.17) is 9.84 Å². The zero-order valence-electron chi connectivity index (χ0n) is 14.5. The molecule has 4 N–H and O–H groups in total. The number of ether oxygens (including phenoxy) is 1. The van der Waals surface area contributed by atoms with E-state index in [9.17, 15) is 49.8 Å². The summed E-state index contributed by atoms with van der Waals surface area (Å²) < 4.78 is 5.59. The number of rotatable bonds is 8. The van der Waals surface area contributed by atoms with Gasteiger partial charge in [0.25, 0.3) is 0 Å². The summed E-state index contributed by atoms with van der Waals surface area (Å²) in [6.07, 6.45) is -9.90. The Kier molecular flexibility index (Phi) is 5.94. The number of carboxylic acid groups (broad SMARTS) is 3. The van der Waals surface area contributed by atoms with Crippen LogP contribution in [0.15, 0.2) is 17.1 Å². The molecule has 1 aromatic rings. The number of hydrogen-bond donors (Lipinski definition) is 4. The number of carbonyl (C=O) groups is 3. The maximum Gasteiger partial charge on any atom is 0.349 e. The molecular formula is C15H15N2O12-3. The van der Waals surface area contributed by atoms with Crippen LogP contribution in [-0.2, 0) is 19.1 Å². The topological polar surface area (TPSA) is 245 Å². The first-order chi connectivity index (χ1) is 13.3. The van der Waals surface area contributed by atoms with Gasteiger partial charge in [0.15, 0.2) is 11.8 Å². The average molecular weight is 415 g/mol. The molecule has 0 bridgehead atoms. The minimum Gasteiger partial charge on any atom is -0.858 e. The van der Waals surface area contributed by atoms with Crippen LogP contribution in [0.2, 0.25) is 0 Å². The van der Waals surface area contributed by atoms with Crippen molar-refractivity contribution in [2.24, 2.45) is 0 Å². The van der Waals surface area contributed by atoms with E-state index < -0.39 is 78.4 Å². The maximum atomic E-state index is 12.0. The lowest BCUT2D eigenvalue weighted by Crippen LogP contribution is -2.63. The van der Waals surface area contributed by atoms with Crippen molar-refractivity contribution in [2.45, 2.75) is 48.9 Å². The van der Waals surface area contributed by atoms with Crippen molar-refractivity contribution in [3.63, 3.8) is 0 Å². The first-order valence-electron chi connectivity index (χ1n) is 7.98. The average Bonchev–Trinajstić information content (AvgIpc) is 2.74. The van der Waals surface area contributed by atoms with Gasteiger partial charge in [-0.1, -0.05) is 0 Å². The second-order valence-electron chi connectivity index (χ2n) is 6.48. The fourth-order valence-electron chi connectivity index (χ4n) is 3.33. The minimum absolute atomic E-state index is 0.399. The lowest BCUT2D eigenvalue weighted by atomic mass is 9.73. The summed E-state index contributed by atoms with van der Waals surface area (Å²) in [5.74, 6) is -6.61. The lowest BCUT2D eigenvalue weighted by molar-refractivity contribution is -0.314. The normalized spacial score (nSPS) is 30.0. The van der Waals surface area contributed by atoms with Gasteiger partial charge in [-0.2, -0.15) is 0 Å². The highest BCUT2D eigenvalue weighted by molar-refractivity contribution is 5.71. The fraction of sp³-hybridized carbons (Fsp3) is 0.533. The summed E-state index contributed by atoms with van der Waals surface area (Å²) in [5.41, 5.74) is -7.57. The molecule has 1 aromatic heterocycles. The molecule has 29 heavy (non-hydrogen) atoms. The van der Waals surface area contributed by atoms with Gasteiger partial charge >= 0.3 is 11.7 Å². The Labute approximate surface area is 160 Å². The zero-order valence-corrected chi connectivity index (χ0v) is 14.5. The van der Waals surface area contributed by atoms with Gasteiger partial charge in [-0.3, -0.25) is 9.36 Å². The van der Waals surface area contributed by atoms with Crippen LogP contribution in [-0.4, -0.2) is 71.3 Å². The van der Waals surface area contributed by atoms with Crippen LogP contribution < -0.4 is 21.0 Å². The summed E-state index contributed by atoms with van der Waals surface area (Å²) in [5, 5.41) is 74.3. The molecule has 1 saturated heterocycles. The van der Waals surface area contributed by atoms with Crippen LogP contribution in [0.3, 0.4) is 0 Å². The molecule has 0 saturated carbocycles. The molecule has 160 valence electrons. The van der Waals surface area contributed by atoms with Crippen molar-refractivity contribution in [1.82, 2.24) is 9.55 Å². The van der Waals surface area contributed by atoms with Crippen LogP contribution >= 0.6 is 0 Å². The summed E-state index contributed by atoms with van der Waals surface area (Å²) in [6, 6.07) is 0.731. The lowest BCUT2D eigenvalue weighted by Gasteiger charge is -2.41. The molecule has 2 heterocycles. The summed E-state index contributed by atoms with van der Waals surface area (Å²) in [7, 11) is 0. The van der Waals surface area contributed by atoms with Crippen LogP contribution in [0.4, 0.5) is 0 Å². The zero-order chi connectivity index (χ0) is 22.1. The molecule has 5 atom stereocenters. The molecule has 1 fully saturated rings. The first-order valence-corrected chi connectivity index (χ1v) is 7.98. The standard InChI is InChI=1S/C15H18N2O12/c18-6(3-8(20)21)11-14(27,4-9(22)23)15(28,5-10(24)25)12(29-11)17-2-1-7(19)16-13(17)26/h1-2,6,11-12,18,27-28H,3-5H2,(H,20,21)(H,22,23)(H,24,25)(H,16,19,26)/p-3/t6?,11-,12-,14-,15+/m1/s1. The largest absolute Gasteiger partial charge is 0.858 e. The third-order valence-electron chi connectivity index (χ3n) is 4.52. The summed E-state index contributed by atoms with van der Waals surface area (Å²) in [4.78, 5) is 48.3. The Hall–Kier alpha value is -3.07. The van der Waals surface area contributed by atoms with E-state index in [1.54, 1.807) is 0 Å². The molecule has 14 heteroatoms. The summed E-state index contributed by atoms with van der Waals surface area (Å²) >= 11 is 0. The van der Waals surface area contributed by atoms with Gasteiger partial charge in [0.05, 0.1) is 12.5 Å². The highest BCUT2D eigenvalue weighted by atomic mass is 16.6. The van der Waals surface area contributed by atoms with Gasteiger partial charge in [0.1, 0.15) is 11.7 Å². The quantitative estimate of drug-likeness (QED) is 0.309. The number of hydrogen-bond acceptors (Lipinski definition) is 12. The third-order valence-corrected chi connectivity index (χ3v) is 4.52. The highest BCUT2D eigenvalue weighted by Gasteiger charge is 2.68. The molecular weight excluding hydrogens is 400 g/mol. The van der Waals surface area contributed by atoms with E-state index in [-0.39, 0.29) is 0 Å². The molecule has 1 aliphatic heterocycles. The fourth-order valence-corrected chi connectivity index (χ4v) is 3.33. The number of aliphatic carboxylic acids is 3. The highest BCUT2D eigenvalue weighted by Crippen LogP contribution is 2.50. The molecule has 0 aliphatic carbocycles. The third kappa shape index (κ3) is 4.04. The van der Waals surface area contributed by atoms with E-state index in [1.807, 2.05) is 0 Å².